The maximum Gasteiger partial charge on any atom is 0.252 e. The fraction of sp³-hybridized carbons (Fsp3) is 0.222. The molecule has 7 heteroatoms. The quantitative estimate of drug-likeness (QED) is 0.746. The van der Waals surface area contributed by atoms with Crippen molar-refractivity contribution in [3.63, 3.8) is 0 Å². The van der Waals surface area contributed by atoms with Gasteiger partial charge in [-0.25, -0.2) is 12.8 Å². The largest absolute Gasteiger partial charge is 0.360 e. The molecule has 0 fully saturated rings. The van der Waals surface area contributed by atoms with E-state index in [2.05, 4.69) is 4.98 Å². The molecule has 2 aromatic heterocycles. The van der Waals surface area contributed by atoms with E-state index < -0.39 is 10.0 Å². The fourth-order valence-electron chi connectivity index (χ4n) is 3.16. The van der Waals surface area contributed by atoms with Crippen molar-refractivity contribution in [2.75, 3.05) is 13.1 Å². The molecule has 1 N–H and O–H groups in total. The van der Waals surface area contributed by atoms with Crippen LogP contribution >= 0.6 is 11.3 Å². The summed E-state index contributed by atoms with van der Waals surface area (Å²) >= 11 is 1.30. The zero-order valence-corrected chi connectivity index (χ0v) is 15.3. The first-order valence-electron chi connectivity index (χ1n) is 7.98. The van der Waals surface area contributed by atoms with Gasteiger partial charge in [0.15, 0.2) is 0 Å². The van der Waals surface area contributed by atoms with Crippen LogP contribution in [0.3, 0.4) is 0 Å². The van der Waals surface area contributed by atoms with Crippen molar-refractivity contribution in [3.8, 4) is 0 Å². The molecule has 4 rings (SSSR count). The molecule has 0 saturated heterocycles. The number of nitrogens with zero attached hydrogens (tertiary/aromatic N) is 1. The topological polar surface area (TPSA) is 53.2 Å². The van der Waals surface area contributed by atoms with Gasteiger partial charge in [0.2, 0.25) is 0 Å². The second-order valence-corrected chi connectivity index (χ2v) is 9.55. The van der Waals surface area contributed by atoms with Crippen molar-refractivity contribution in [1.29, 1.82) is 0 Å². The number of aromatic nitrogens is 1. The van der Waals surface area contributed by atoms with E-state index in [1.54, 1.807) is 12.1 Å². The van der Waals surface area contributed by atoms with Crippen LogP contribution in [0.2, 0.25) is 0 Å². The zero-order valence-electron chi connectivity index (χ0n) is 13.6. The van der Waals surface area contributed by atoms with Gasteiger partial charge in [0.1, 0.15) is 10.0 Å². The lowest BCUT2D eigenvalue weighted by Crippen LogP contribution is -2.34. The predicted molar refractivity (Wildman–Crippen MR) is 98.7 cm³/mol. The number of rotatable bonds is 3. The van der Waals surface area contributed by atoms with Crippen LogP contribution in [0.4, 0.5) is 4.39 Å². The van der Waals surface area contributed by atoms with Crippen LogP contribution in [0.1, 0.15) is 16.9 Å². The number of hydrogen-bond acceptors (Lipinski definition) is 3. The predicted octanol–water partition coefficient (Wildman–Crippen LogP) is 4.15. The van der Waals surface area contributed by atoms with Crippen molar-refractivity contribution >= 4 is 37.8 Å². The second-order valence-electron chi connectivity index (χ2n) is 6.10. The molecule has 0 spiro atoms. The molecular weight excluding hydrogens is 359 g/mol. The fourth-order valence-corrected chi connectivity index (χ4v) is 5.97. The third-order valence-corrected chi connectivity index (χ3v) is 7.80. The van der Waals surface area contributed by atoms with Crippen molar-refractivity contribution < 1.29 is 12.8 Å². The summed E-state index contributed by atoms with van der Waals surface area (Å²) in [6, 6.07) is 8.17. The SMILES string of the molecule is Cc1ccc(S(=O)(=O)N2CC=C(c3c[nH]c4cc(F)ccc34)CC2)s1. The Bertz CT molecular complexity index is 1080. The van der Waals surface area contributed by atoms with E-state index in [9.17, 15) is 12.8 Å². The van der Waals surface area contributed by atoms with Crippen molar-refractivity contribution in [3.05, 3.63) is 58.9 Å². The van der Waals surface area contributed by atoms with Gasteiger partial charge < -0.3 is 4.98 Å². The minimum atomic E-state index is -3.43. The van der Waals surface area contributed by atoms with Gasteiger partial charge in [0.05, 0.1) is 0 Å². The van der Waals surface area contributed by atoms with E-state index in [4.69, 9.17) is 0 Å². The molecule has 1 aliphatic heterocycles. The van der Waals surface area contributed by atoms with Crippen LogP contribution in [-0.2, 0) is 10.0 Å². The molecule has 0 bridgehead atoms. The molecule has 0 saturated carbocycles. The van der Waals surface area contributed by atoms with Gasteiger partial charge in [0, 0.05) is 40.6 Å². The summed E-state index contributed by atoms with van der Waals surface area (Å²) in [6.45, 7) is 2.69. The molecule has 3 heterocycles. The number of fused-ring (bicyclic) bond motifs is 1. The Morgan fingerprint density at radius 2 is 2.08 bits per heavy atom. The summed E-state index contributed by atoms with van der Waals surface area (Å²) in [6.07, 6.45) is 4.45. The standard InChI is InChI=1S/C18H17FN2O2S2/c1-12-2-5-18(24-12)25(22,23)21-8-6-13(7-9-21)16-11-20-17-10-14(19)3-4-15(16)17/h2-6,10-11,20H,7-9H2,1H3. The highest BCUT2D eigenvalue weighted by Gasteiger charge is 2.28. The normalized spacial score (nSPS) is 16.3. The summed E-state index contributed by atoms with van der Waals surface area (Å²) in [5, 5.41) is 0.956. The Kier molecular flexibility index (Phi) is 4.02. The first-order chi connectivity index (χ1) is 11.9. The zero-order chi connectivity index (χ0) is 17.6. The summed E-state index contributed by atoms with van der Waals surface area (Å²) in [4.78, 5) is 4.07. The van der Waals surface area contributed by atoms with Gasteiger partial charge >= 0.3 is 0 Å². The number of halogens is 1. The number of H-pyrrole nitrogens is 1. The van der Waals surface area contributed by atoms with Crippen LogP contribution in [0.25, 0.3) is 16.5 Å². The van der Waals surface area contributed by atoms with Crippen LogP contribution < -0.4 is 0 Å². The van der Waals surface area contributed by atoms with E-state index >= 15 is 0 Å². The number of nitrogens with one attached hydrogen (secondary N) is 1. The van der Waals surface area contributed by atoms with E-state index in [-0.39, 0.29) is 5.82 Å². The highest BCUT2D eigenvalue weighted by atomic mass is 32.2. The molecular formula is C18H17FN2O2S2. The first kappa shape index (κ1) is 16.5. The third-order valence-electron chi connectivity index (χ3n) is 4.47. The minimum Gasteiger partial charge on any atom is -0.360 e. The molecule has 0 atom stereocenters. The van der Waals surface area contributed by atoms with Crippen LogP contribution in [0, 0.1) is 12.7 Å². The molecule has 3 aromatic rings. The van der Waals surface area contributed by atoms with E-state index in [1.165, 1.54) is 27.8 Å². The summed E-state index contributed by atoms with van der Waals surface area (Å²) in [5.74, 6) is -0.276. The molecule has 1 aliphatic rings. The van der Waals surface area contributed by atoms with Gasteiger partial charge in [-0.15, -0.1) is 11.3 Å². The van der Waals surface area contributed by atoms with Crippen LogP contribution in [0.5, 0.6) is 0 Å². The Morgan fingerprint density at radius 1 is 1.24 bits per heavy atom. The number of hydrogen-bond donors (Lipinski definition) is 1. The van der Waals surface area contributed by atoms with E-state index in [0.717, 1.165) is 26.9 Å². The van der Waals surface area contributed by atoms with Gasteiger partial charge in [0.25, 0.3) is 10.0 Å². The Morgan fingerprint density at radius 3 is 2.76 bits per heavy atom. The summed E-state index contributed by atoms with van der Waals surface area (Å²) in [7, 11) is -3.43. The molecule has 130 valence electrons. The van der Waals surface area contributed by atoms with E-state index in [1.807, 2.05) is 25.3 Å². The minimum absolute atomic E-state index is 0.276. The van der Waals surface area contributed by atoms with Gasteiger partial charge in [-0.3, -0.25) is 0 Å². The average molecular weight is 376 g/mol. The average Bonchev–Trinajstić information content (AvgIpc) is 3.21. The number of benzene rings is 1. The lowest BCUT2D eigenvalue weighted by Gasteiger charge is -2.25. The molecule has 0 unspecified atom stereocenters. The molecule has 1 aromatic carbocycles. The van der Waals surface area contributed by atoms with E-state index in [0.29, 0.717) is 23.7 Å². The van der Waals surface area contributed by atoms with Gasteiger partial charge in [-0.2, -0.15) is 4.31 Å². The first-order valence-corrected chi connectivity index (χ1v) is 10.2. The number of thiophene rings is 1. The summed E-state index contributed by atoms with van der Waals surface area (Å²) < 4.78 is 40.6. The molecule has 0 radical (unpaired) electrons. The maximum absolute atomic E-state index is 13.3. The summed E-state index contributed by atoms with van der Waals surface area (Å²) in [5.41, 5.74) is 2.85. The number of aromatic amines is 1. The third kappa shape index (κ3) is 2.92. The van der Waals surface area contributed by atoms with Gasteiger partial charge in [-0.1, -0.05) is 6.08 Å². The Balaban J connectivity index is 1.61. The van der Waals surface area contributed by atoms with Crippen molar-refractivity contribution in [2.45, 2.75) is 17.6 Å². The van der Waals surface area contributed by atoms with Crippen LogP contribution in [-0.4, -0.2) is 30.8 Å². The Labute approximate surface area is 149 Å². The molecule has 0 aliphatic carbocycles. The van der Waals surface area contributed by atoms with Crippen molar-refractivity contribution in [1.82, 2.24) is 9.29 Å². The lowest BCUT2D eigenvalue weighted by atomic mass is 10.00. The molecule has 4 nitrogen and oxygen atoms in total. The highest BCUT2D eigenvalue weighted by Crippen LogP contribution is 2.32. The molecule has 25 heavy (non-hydrogen) atoms. The smallest absolute Gasteiger partial charge is 0.252 e. The number of aryl methyl sites for hydroxylation is 1. The second kappa shape index (κ2) is 6.09. The number of sulfonamides is 1. The maximum atomic E-state index is 13.3. The molecule has 0 amide bonds. The van der Waals surface area contributed by atoms with Crippen LogP contribution in [0.15, 0.2) is 46.8 Å². The lowest BCUT2D eigenvalue weighted by molar-refractivity contribution is 0.443. The van der Waals surface area contributed by atoms with Gasteiger partial charge in [-0.05, 0) is 49.2 Å². The highest BCUT2D eigenvalue weighted by molar-refractivity contribution is 7.91. The monoisotopic (exact) mass is 376 g/mol. The Hall–Kier alpha value is -1.96. The van der Waals surface area contributed by atoms with Crippen molar-refractivity contribution in [2.24, 2.45) is 0 Å².